The van der Waals surface area contributed by atoms with Crippen LogP contribution in [0.1, 0.15) is 11.1 Å². The van der Waals surface area contributed by atoms with Crippen molar-refractivity contribution in [3.63, 3.8) is 0 Å². The molecule has 1 aliphatic rings. The molecular formula is C21H19N5O. The lowest BCUT2D eigenvalue weighted by molar-refractivity contribution is 0.0292. The number of H-pyrrole nitrogens is 2. The molecule has 0 spiro atoms. The zero-order valence-corrected chi connectivity index (χ0v) is 14.7. The highest BCUT2D eigenvalue weighted by Gasteiger charge is 2.15. The smallest absolute Gasteiger partial charge is 0.116 e. The van der Waals surface area contributed by atoms with Crippen molar-refractivity contribution >= 4 is 21.8 Å². The molecule has 2 aromatic carbocycles. The Bertz CT molecular complexity index is 1160. The third kappa shape index (κ3) is 2.97. The number of benzene rings is 2. The number of aromatic nitrogens is 3. The van der Waals surface area contributed by atoms with Gasteiger partial charge in [-0.25, -0.2) is 0 Å². The second-order valence-electron chi connectivity index (χ2n) is 6.95. The molecule has 3 heterocycles. The maximum Gasteiger partial charge on any atom is 0.116 e. The van der Waals surface area contributed by atoms with E-state index in [4.69, 9.17) is 10.00 Å². The molecule has 0 amide bonds. The van der Waals surface area contributed by atoms with Crippen LogP contribution in [-0.4, -0.2) is 41.0 Å². The van der Waals surface area contributed by atoms with E-state index in [2.05, 4.69) is 50.8 Å². The fraction of sp³-hybridized carbons (Fsp3) is 0.238. The van der Waals surface area contributed by atoms with Gasteiger partial charge in [0.25, 0.3) is 0 Å². The molecule has 0 saturated carbocycles. The van der Waals surface area contributed by atoms with Crippen LogP contribution < -0.4 is 5.32 Å². The molecule has 4 aromatic rings. The van der Waals surface area contributed by atoms with Crippen LogP contribution in [0.2, 0.25) is 0 Å². The summed E-state index contributed by atoms with van der Waals surface area (Å²) in [5.41, 5.74) is 5.68. The van der Waals surface area contributed by atoms with Gasteiger partial charge in [-0.05, 0) is 48.4 Å². The first kappa shape index (κ1) is 16.1. The Labute approximate surface area is 156 Å². The minimum Gasteiger partial charge on any atom is -0.375 e. The normalized spacial score (nSPS) is 17.4. The van der Waals surface area contributed by atoms with Crippen LogP contribution in [0.4, 0.5) is 0 Å². The number of fused-ring (bicyclic) bond motifs is 2. The molecule has 0 radical (unpaired) electrons. The van der Waals surface area contributed by atoms with Crippen LogP contribution >= 0.6 is 0 Å². The predicted octanol–water partition coefficient (Wildman–Crippen LogP) is 3.11. The van der Waals surface area contributed by atoms with Crippen LogP contribution in [0, 0.1) is 11.3 Å². The van der Waals surface area contributed by atoms with Gasteiger partial charge in [-0.15, -0.1) is 0 Å². The van der Waals surface area contributed by atoms with E-state index in [0.29, 0.717) is 5.56 Å². The topological polar surface area (TPSA) is 89.5 Å². The third-order valence-corrected chi connectivity index (χ3v) is 5.10. The summed E-state index contributed by atoms with van der Waals surface area (Å²) in [4.78, 5) is 3.46. The van der Waals surface area contributed by atoms with Crippen molar-refractivity contribution in [2.45, 2.75) is 12.5 Å². The minimum atomic E-state index is 0.235. The van der Waals surface area contributed by atoms with Crippen molar-refractivity contribution < 1.29 is 4.74 Å². The van der Waals surface area contributed by atoms with Crippen LogP contribution in [0.15, 0.2) is 42.5 Å². The average molecular weight is 357 g/mol. The van der Waals surface area contributed by atoms with E-state index >= 15 is 0 Å². The molecule has 6 heteroatoms. The van der Waals surface area contributed by atoms with Crippen molar-refractivity contribution in [2.75, 3.05) is 19.7 Å². The van der Waals surface area contributed by atoms with Crippen molar-refractivity contribution in [3.05, 3.63) is 53.6 Å². The number of hydrogen-bond acceptors (Lipinski definition) is 4. The third-order valence-electron chi connectivity index (χ3n) is 5.10. The average Bonchev–Trinajstić information content (AvgIpc) is 3.31. The Hall–Kier alpha value is -3.14. The van der Waals surface area contributed by atoms with Crippen molar-refractivity contribution in [2.24, 2.45) is 0 Å². The number of nitrogens with one attached hydrogen (secondary N) is 3. The summed E-state index contributed by atoms with van der Waals surface area (Å²) in [5.74, 6) is 0. The fourth-order valence-electron chi connectivity index (χ4n) is 3.74. The van der Waals surface area contributed by atoms with E-state index < -0.39 is 0 Å². The van der Waals surface area contributed by atoms with Crippen molar-refractivity contribution in [3.8, 4) is 17.5 Å². The summed E-state index contributed by atoms with van der Waals surface area (Å²) in [6.07, 6.45) is 1.14. The number of nitrogens with zero attached hydrogens (tertiary/aromatic N) is 2. The van der Waals surface area contributed by atoms with Crippen LogP contribution in [0.25, 0.3) is 33.2 Å². The summed E-state index contributed by atoms with van der Waals surface area (Å²) in [7, 11) is 0. The quantitative estimate of drug-likeness (QED) is 0.525. The number of morpholine rings is 1. The van der Waals surface area contributed by atoms with Gasteiger partial charge in [-0.2, -0.15) is 10.4 Å². The molecule has 1 fully saturated rings. The Balaban J connectivity index is 1.48. The summed E-state index contributed by atoms with van der Waals surface area (Å²) in [6.45, 7) is 2.62. The van der Waals surface area contributed by atoms with Crippen molar-refractivity contribution in [1.82, 2.24) is 20.5 Å². The largest absolute Gasteiger partial charge is 0.375 e. The lowest BCUT2D eigenvalue weighted by Gasteiger charge is -2.23. The second kappa shape index (κ2) is 6.54. The highest BCUT2D eigenvalue weighted by Crippen LogP contribution is 2.29. The molecule has 5 rings (SSSR count). The molecule has 6 nitrogen and oxygen atoms in total. The van der Waals surface area contributed by atoms with E-state index in [1.807, 2.05) is 18.2 Å². The summed E-state index contributed by atoms with van der Waals surface area (Å²) in [5, 5.41) is 22.1. The highest BCUT2D eigenvalue weighted by atomic mass is 16.5. The molecule has 2 aromatic heterocycles. The fourth-order valence-corrected chi connectivity index (χ4v) is 3.74. The van der Waals surface area contributed by atoms with E-state index in [1.54, 1.807) is 0 Å². The van der Waals surface area contributed by atoms with Crippen LogP contribution in [0.3, 0.4) is 0 Å². The van der Waals surface area contributed by atoms with Gasteiger partial charge in [0.1, 0.15) is 5.69 Å². The maximum absolute atomic E-state index is 9.06. The molecular weight excluding hydrogens is 338 g/mol. The predicted molar refractivity (Wildman–Crippen MR) is 104 cm³/mol. The van der Waals surface area contributed by atoms with Crippen molar-refractivity contribution in [1.29, 1.82) is 5.26 Å². The molecule has 27 heavy (non-hydrogen) atoms. The summed E-state index contributed by atoms with van der Waals surface area (Å²) in [6, 6.07) is 16.4. The van der Waals surface area contributed by atoms with Gasteiger partial charge in [-0.1, -0.05) is 6.07 Å². The standard InChI is InChI=1S/C21H19N5O/c22-11-14-1-3-17-19(9-14)25-26-21(17)20-10-15-7-13(2-4-18(15)24-20)8-16-12-23-5-6-27-16/h1-4,7,9-10,16,23-24H,5-6,8,12H2,(H,25,26). The number of nitriles is 1. The summed E-state index contributed by atoms with van der Waals surface area (Å²) >= 11 is 0. The molecule has 1 aliphatic heterocycles. The minimum absolute atomic E-state index is 0.235. The van der Waals surface area contributed by atoms with Gasteiger partial charge >= 0.3 is 0 Å². The summed E-state index contributed by atoms with van der Waals surface area (Å²) < 4.78 is 5.82. The number of rotatable bonds is 3. The van der Waals surface area contributed by atoms with Gasteiger partial charge in [0, 0.05) is 29.4 Å². The van der Waals surface area contributed by atoms with E-state index in [9.17, 15) is 0 Å². The van der Waals surface area contributed by atoms with E-state index in [1.165, 1.54) is 5.56 Å². The van der Waals surface area contributed by atoms with E-state index in [-0.39, 0.29) is 6.10 Å². The van der Waals surface area contributed by atoms with Gasteiger partial charge in [-0.3, -0.25) is 5.10 Å². The first-order valence-corrected chi connectivity index (χ1v) is 9.13. The van der Waals surface area contributed by atoms with Crippen LogP contribution in [-0.2, 0) is 11.2 Å². The number of ether oxygens (including phenoxy) is 1. The number of hydrogen-bond donors (Lipinski definition) is 3. The first-order valence-electron chi connectivity index (χ1n) is 9.13. The Morgan fingerprint density at radius 1 is 1.15 bits per heavy atom. The lowest BCUT2D eigenvalue weighted by atomic mass is 10.0. The Morgan fingerprint density at radius 3 is 2.96 bits per heavy atom. The van der Waals surface area contributed by atoms with E-state index in [0.717, 1.165) is 59.3 Å². The maximum atomic E-state index is 9.06. The van der Waals surface area contributed by atoms with Crippen LogP contribution in [0.5, 0.6) is 0 Å². The Morgan fingerprint density at radius 2 is 2.11 bits per heavy atom. The molecule has 134 valence electrons. The number of aromatic amines is 2. The highest BCUT2D eigenvalue weighted by molar-refractivity contribution is 5.96. The lowest BCUT2D eigenvalue weighted by Crippen LogP contribution is -2.39. The van der Waals surface area contributed by atoms with Gasteiger partial charge in [0.15, 0.2) is 0 Å². The molecule has 1 atom stereocenters. The molecule has 0 aliphatic carbocycles. The second-order valence-corrected chi connectivity index (χ2v) is 6.95. The van der Waals surface area contributed by atoms with Gasteiger partial charge < -0.3 is 15.0 Å². The zero-order valence-electron chi connectivity index (χ0n) is 14.7. The molecule has 3 N–H and O–H groups in total. The first-order chi connectivity index (χ1) is 13.3. The monoisotopic (exact) mass is 357 g/mol. The zero-order chi connectivity index (χ0) is 18.2. The van der Waals surface area contributed by atoms with Gasteiger partial charge in [0.2, 0.25) is 0 Å². The Kier molecular flexibility index (Phi) is 3.89. The molecule has 1 saturated heterocycles. The SMILES string of the molecule is N#Cc1ccc2c(-c3cc4cc(CC5CNCCO5)ccc4[nH]3)n[nH]c2c1. The van der Waals surface area contributed by atoms with Gasteiger partial charge in [0.05, 0.1) is 35.6 Å². The molecule has 0 bridgehead atoms. The molecule has 1 unspecified atom stereocenters.